The lowest BCUT2D eigenvalue weighted by atomic mass is 10.2. The Balaban J connectivity index is 3.37. The molecule has 0 aliphatic rings. The highest BCUT2D eigenvalue weighted by Crippen LogP contribution is 1.90. The van der Waals surface area contributed by atoms with Crippen molar-refractivity contribution in [3.8, 4) is 0 Å². The molecule has 1 N–H and O–H groups in total. The first kappa shape index (κ1) is 11.4. The summed E-state index contributed by atoms with van der Waals surface area (Å²) in [5, 5.41) is 3.27. The summed E-state index contributed by atoms with van der Waals surface area (Å²) in [4.78, 5) is 12.7. The van der Waals surface area contributed by atoms with Crippen LogP contribution in [0.2, 0.25) is 0 Å². The molecule has 1 amide bonds. The van der Waals surface area contributed by atoms with Crippen molar-refractivity contribution in [3.63, 3.8) is 0 Å². The van der Waals surface area contributed by atoms with Gasteiger partial charge in [-0.15, -0.1) is 0 Å². The van der Waals surface area contributed by atoms with Crippen LogP contribution in [0.3, 0.4) is 0 Å². The molecule has 0 saturated carbocycles. The van der Waals surface area contributed by atoms with Crippen LogP contribution in [0.4, 0.5) is 0 Å². The first-order valence-corrected chi connectivity index (χ1v) is 4.51. The Labute approximate surface area is 75.1 Å². The second kappa shape index (κ2) is 6.00. The van der Waals surface area contributed by atoms with Crippen LogP contribution in [0.15, 0.2) is 0 Å². The molecule has 1 unspecified atom stereocenters. The van der Waals surface area contributed by atoms with Gasteiger partial charge in [-0.2, -0.15) is 0 Å². The fraction of sp³-hybridized carbons (Fsp3) is 0.889. The van der Waals surface area contributed by atoms with Gasteiger partial charge >= 0.3 is 0 Å². The molecule has 0 rings (SSSR count). The van der Waals surface area contributed by atoms with Gasteiger partial charge in [-0.3, -0.25) is 4.79 Å². The Bertz CT molecular complexity index is 134. The molecule has 0 heterocycles. The summed E-state index contributed by atoms with van der Waals surface area (Å²) in [6, 6.07) is 0.514. The largest absolute Gasteiger partial charge is 0.349 e. The van der Waals surface area contributed by atoms with Gasteiger partial charge in [-0.25, -0.2) is 0 Å². The van der Waals surface area contributed by atoms with Crippen molar-refractivity contribution >= 4 is 5.91 Å². The van der Waals surface area contributed by atoms with E-state index in [2.05, 4.69) is 19.2 Å². The molecule has 0 spiro atoms. The van der Waals surface area contributed by atoms with E-state index in [1.54, 1.807) is 19.0 Å². The van der Waals surface area contributed by atoms with Crippen LogP contribution >= 0.6 is 0 Å². The molecule has 0 aliphatic carbocycles. The Hall–Kier alpha value is -0.570. The molecule has 3 heteroatoms. The number of nitrogens with one attached hydrogen (secondary N) is 1. The van der Waals surface area contributed by atoms with Crippen LogP contribution < -0.4 is 5.32 Å². The van der Waals surface area contributed by atoms with Gasteiger partial charge in [0.25, 0.3) is 0 Å². The topological polar surface area (TPSA) is 32.3 Å². The maximum Gasteiger partial charge on any atom is 0.223 e. The summed E-state index contributed by atoms with van der Waals surface area (Å²) in [6.45, 7) is 5.04. The number of amides is 1. The first-order valence-electron chi connectivity index (χ1n) is 4.51. The molecular formula is C9H20N2O. The van der Waals surface area contributed by atoms with Gasteiger partial charge in [0.1, 0.15) is 0 Å². The number of nitrogens with zero attached hydrogens (tertiary/aromatic N) is 1. The minimum absolute atomic E-state index is 0.186. The van der Waals surface area contributed by atoms with Gasteiger partial charge in [-0.05, 0) is 13.3 Å². The monoisotopic (exact) mass is 172 g/mol. The maximum absolute atomic E-state index is 11.1. The SMILES string of the molecule is CCC(C)NCCC(=O)N(C)C. The van der Waals surface area contributed by atoms with E-state index < -0.39 is 0 Å². The van der Waals surface area contributed by atoms with Crippen LogP contribution in [0.1, 0.15) is 26.7 Å². The number of carbonyl (C=O) groups excluding carboxylic acids is 1. The van der Waals surface area contributed by atoms with Crippen molar-refractivity contribution in [3.05, 3.63) is 0 Å². The third-order valence-electron chi connectivity index (χ3n) is 1.94. The molecule has 0 aromatic carbocycles. The van der Waals surface area contributed by atoms with E-state index in [9.17, 15) is 4.79 Å². The van der Waals surface area contributed by atoms with E-state index in [1.807, 2.05) is 0 Å². The van der Waals surface area contributed by atoms with E-state index in [4.69, 9.17) is 0 Å². The molecular weight excluding hydrogens is 152 g/mol. The Morgan fingerprint density at radius 3 is 2.50 bits per heavy atom. The summed E-state index contributed by atoms with van der Waals surface area (Å²) in [6.07, 6.45) is 1.70. The van der Waals surface area contributed by atoms with E-state index in [0.717, 1.165) is 13.0 Å². The molecule has 12 heavy (non-hydrogen) atoms. The van der Waals surface area contributed by atoms with Gasteiger partial charge in [0.15, 0.2) is 0 Å². The molecule has 0 saturated heterocycles. The van der Waals surface area contributed by atoms with Gasteiger partial charge in [0, 0.05) is 33.1 Å². The molecule has 0 aliphatic heterocycles. The van der Waals surface area contributed by atoms with Gasteiger partial charge < -0.3 is 10.2 Å². The van der Waals surface area contributed by atoms with E-state index in [-0.39, 0.29) is 5.91 Å². The van der Waals surface area contributed by atoms with Crippen molar-refractivity contribution in [2.45, 2.75) is 32.7 Å². The maximum atomic E-state index is 11.1. The summed E-state index contributed by atoms with van der Waals surface area (Å²) in [5.74, 6) is 0.186. The van der Waals surface area contributed by atoms with Crippen molar-refractivity contribution in [1.29, 1.82) is 0 Å². The standard InChI is InChI=1S/C9H20N2O/c1-5-8(2)10-7-6-9(12)11(3)4/h8,10H,5-7H2,1-4H3. The predicted molar refractivity (Wildman–Crippen MR) is 51.1 cm³/mol. The molecule has 0 fully saturated rings. The van der Waals surface area contributed by atoms with Crippen LogP contribution in [0.25, 0.3) is 0 Å². The number of carbonyl (C=O) groups is 1. The fourth-order valence-corrected chi connectivity index (χ4v) is 0.793. The smallest absolute Gasteiger partial charge is 0.223 e. The Kier molecular flexibility index (Phi) is 5.72. The lowest BCUT2D eigenvalue weighted by Gasteiger charge is -2.13. The summed E-state index contributed by atoms with van der Waals surface area (Å²) in [7, 11) is 3.57. The zero-order valence-corrected chi connectivity index (χ0v) is 8.55. The highest BCUT2D eigenvalue weighted by atomic mass is 16.2. The van der Waals surface area contributed by atoms with Crippen molar-refractivity contribution in [1.82, 2.24) is 10.2 Å². The lowest BCUT2D eigenvalue weighted by Crippen LogP contribution is -2.31. The van der Waals surface area contributed by atoms with Crippen LogP contribution in [-0.4, -0.2) is 37.5 Å². The number of hydrogen-bond donors (Lipinski definition) is 1. The molecule has 0 aromatic heterocycles. The zero-order valence-electron chi connectivity index (χ0n) is 8.55. The van der Waals surface area contributed by atoms with E-state index in [0.29, 0.717) is 12.5 Å². The van der Waals surface area contributed by atoms with Crippen LogP contribution in [0, 0.1) is 0 Å². The fourth-order valence-electron chi connectivity index (χ4n) is 0.793. The first-order chi connectivity index (χ1) is 5.57. The Morgan fingerprint density at radius 2 is 2.08 bits per heavy atom. The van der Waals surface area contributed by atoms with Crippen LogP contribution in [-0.2, 0) is 4.79 Å². The molecule has 72 valence electrons. The highest BCUT2D eigenvalue weighted by Gasteiger charge is 2.03. The minimum Gasteiger partial charge on any atom is -0.349 e. The van der Waals surface area contributed by atoms with Crippen LogP contribution in [0.5, 0.6) is 0 Å². The summed E-state index contributed by atoms with van der Waals surface area (Å²) < 4.78 is 0. The average molecular weight is 172 g/mol. The lowest BCUT2D eigenvalue weighted by molar-refractivity contribution is -0.128. The molecule has 0 radical (unpaired) electrons. The molecule has 0 bridgehead atoms. The summed E-state index contributed by atoms with van der Waals surface area (Å²) >= 11 is 0. The van der Waals surface area contributed by atoms with Gasteiger partial charge in [0.05, 0.1) is 0 Å². The summed E-state index contributed by atoms with van der Waals surface area (Å²) in [5.41, 5.74) is 0. The highest BCUT2D eigenvalue weighted by molar-refractivity contribution is 5.75. The molecule has 3 nitrogen and oxygen atoms in total. The van der Waals surface area contributed by atoms with E-state index >= 15 is 0 Å². The van der Waals surface area contributed by atoms with Gasteiger partial charge in [-0.1, -0.05) is 6.92 Å². The third-order valence-corrected chi connectivity index (χ3v) is 1.94. The zero-order chi connectivity index (χ0) is 9.56. The predicted octanol–water partition coefficient (Wildman–Crippen LogP) is 0.853. The number of hydrogen-bond acceptors (Lipinski definition) is 2. The average Bonchev–Trinajstić information content (AvgIpc) is 2.03. The second-order valence-corrected chi connectivity index (χ2v) is 3.30. The second-order valence-electron chi connectivity index (χ2n) is 3.30. The third kappa shape index (κ3) is 5.13. The Morgan fingerprint density at radius 1 is 1.50 bits per heavy atom. The quantitative estimate of drug-likeness (QED) is 0.667. The van der Waals surface area contributed by atoms with Crippen molar-refractivity contribution in [2.75, 3.05) is 20.6 Å². The van der Waals surface area contributed by atoms with Gasteiger partial charge in [0.2, 0.25) is 5.91 Å². The minimum atomic E-state index is 0.186. The van der Waals surface area contributed by atoms with E-state index in [1.165, 1.54) is 0 Å². The normalized spacial score (nSPS) is 12.7. The van der Waals surface area contributed by atoms with Crippen molar-refractivity contribution < 1.29 is 4.79 Å². The van der Waals surface area contributed by atoms with Crippen molar-refractivity contribution in [2.24, 2.45) is 0 Å². The molecule has 1 atom stereocenters. The number of rotatable bonds is 5. The molecule has 0 aromatic rings.